The van der Waals surface area contributed by atoms with Gasteiger partial charge in [-0.25, -0.2) is 4.98 Å². The topological polar surface area (TPSA) is 91.9 Å². The van der Waals surface area contributed by atoms with Crippen LogP contribution in [0, 0.1) is 0 Å². The van der Waals surface area contributed by atoms with Gasteiger partial charge in [0.15, 0.2) is 0 Å². The summed E-state index contributed by atoms with van der Waals surface area (Å²) in [5, 5.41) is 6.63. The molecule has 0 bridgehead atoms. The Morgan fingerprint density at radius 1 is 1.30 bits per heavy atom. The summed E-state index contributed by atoms with van der Waals surface area (Å²) in [7, 11) is 1.78. The van der Waals surface area contributed by atoms with Gasteiger partial charge in [0.05, 0.1) is 12.1 Å². The van der Waals surface area contributed by atoms with E-state index >= 15 is 0 Å². The summed E-state index contributed by atoms with van der Waals surface area (Å²) in [6.45, 7) is 0.973. The average Bonchev–Trinajstić information content (AvgIpc) is 2.92. The summed E-state index contributed by atoms with van der Waals surface area (Å²) in [6, 6.07) is 5.57. The van der Waals surface area contributed by atoms with Crippen LogP contribution >= 0.6 is 0 Å². The molecule has 3 aromatic rings. The van der Waals surface area contributed by atoms with Crippen molar-refractivity contribution in [1.29, 1.82) is 0 Å². The largest absolute Gasteiger partial charge is 0.491 e. The minimum absolute atomic E-state index is 0.107. The molecule has 116 valence electrons. The predicted molar refractivity (Wildman–Crippen MR) is 86.7 cm³/mol. The molecular formula is C16H15N5O2. The number of carbonyl (C=O) groups excluding carboxylic acids is 1. The van der Waals surface area contributed by atoms with Crippen molar-refractivity contribution < 1.29 is 9.53 Å². The Labute approximate surface area is 132 Å². The first kappa shape index (κ1) is 13.6. The molecule has 0 radical (unpaired) electrons. The summed E-state index contributed by atoms with van der Waals surface area (Å²) in [5.41, 5.74) is 3.23. The van der Waals surface area contributed by atoms with Crippen LogP contribution < -0.4 is 15.4 Å². The van der Waals surface area contributed by atoms with Crippen molar-refractivity contribution in [3.8, 4) is 16.9 Å². The fourth-order valence-corrected chi connectivity index (χ4v) is 2.68. The highest BCUT2D eigenvalue weighted by molar-refractivity contribution is 5.99. The van der Waals surface area contributed by atoms with Gasteiger partial charge in [-0.15, -0.1) is 0 Å². The Bertz CT molecular complexity index is 903. The Hall–Kier alpha value is -3.09. The normalized spacial score (nSPS) is 13.9. The molecular weight excluding hydrogens is 294 g/mol. The van der Waals surface area contributed by atoms with Crippen LogP contribution in [0.25, 0.3) is 22.2 Å². The molecule has 7 heteroatoms. The number of amides is 1. The molecule has 0 spiro atoms. The SMILES string of the molecule is CNc1ncc2c(-c3ccc4c(c3)OCCNC4=O)c[nH]c2n1. The van der Waals surface area contributed by atoms with Crippen molar-refractivity contribution in [2.24, 2.45) is 0 Å². The lowest BCUT2D eigenvalue weighted by atomic mass is 10.0. The number of nitrogens with one attached hydrogen (secondary N) is 3. The maximum Gasteiger partial charge on any atom is 0.255 e. The van der Waals surface area contributed by atoms with E-state index in [1.807, 2.05) is 18.3 Å². The van der Waals surface area contributed by atoms with E-state index < -0.39 is 0 Å². The number of fused-ring (bicyclic) bond motifs is 2. The van der Waals surface area contributed by atoms with Crippen molar-refractivity contribution in [2.75, 3.05) is 25.5 Å². The minimum Gasteiger partial charge on any atom is -0.491 e. The standard InChI is InChI=1S/C16H15N5O2/c1-17-16-20-8-12-11(7-19-14(12)21-16)9-2-3-10-13(6-9)23-5-4-18-15(10)22/h2-3,6-8H,4-5H2,1H3,(H,18,22)(H2,17,19,20,21). The van der Waals surface area contributed by atoms with Gasteiger partial charge in [-0.3, -0.25) is 4.79 Å². The molecule has 0 fully saturated rings. The van der Waals surface area contributed by atoms with Crippen LogP contribution in [0.4, 0.5) is 5.95 Å². The van der Waals surface area contributed by atoms with E-state index in [0.717, 1.165) is 22.2 Å². The van der Waals surface area contributed by atoms with E-state index in [4.69, 9.17) is 4.74 Å². The van der Waals surface area contributed by atoms with Crippen LogP contribution in [0.15, 0.2) is 30.6 Å². The van der Waals surface area contributed by atoms with Gasteiger partial charge in [0.25, 0.3) is 5.91 Å². The number of anilines is 1. The first-order chi connectivity index (χ1) is 11.3. The van der Waals surface area contributed by atoms with Crippen molar-refractivity contribution in [3.63, 3.8) is 0 Å². The average molecular weight is 309 g/mol. The quantitative estimate of drug-likeness (QED) is 0.671. The van der Waals surface area contributed by atoms with Crippen LogP contribution in [0.5, 0.6) is 5.75 Å². The number of aromatic nitrogens is 3. The van der Waals surface area contributed by atoms with Crippen molar-refractivity contribution in [2.45, 2.75) is 0 Å². The third-order valence-corrected chi connectivity index (χ3v) is 3.84. The molecule has 0 aliphatic carbocycles. The summed E-state index contributed by atoms with van der Waals surface area (Å²) in [4.78, 5) is 23.8. The number of ether oxygens (including phenoxy) is 1. The Balaban J connectivity index is 1.82. The van der Waals surface area contributed by atoms with Crippen molar-refractivity contribution in [1.82, 2.24) is 20.3 Å². The Morgan fingerprint density at radius 2 is 2.22 bits per heavy atom. The zero-order valence-corrected chi connectivity index (χ0v) is 12.5. The lowest BCUT2D eigenvalue weighted by Crippen LogP contribution is -2.24. The zero-order valence-electron chi connectivity index (χ0n) is 12.5. The van der Waals surface area contributed by atoms with Crippen LogP contribution in [0.1, 0.15) is 10.4 Å². The van der Waals surface area contributed by atoms with Crippen molar-refractivity contribution in [3.05, 3.63) is 36.2 Å². The van der Waals surface area contributed by atoms with Gasteiger partial charge < -0.3 is 20.4 Å². The molecule has 4 rings (SSSR count). The van der Waals surface area contributed by atoms with Crippen LogP contribution in [-0.2, 0) is 0 Å². The molecule has 1 amide bonds. The number of H-pyrrole nitrogens is 1. The second kappa shape index (κ2) is 5.28. The Morgan fingerprint density at radius 3 is 3.09 bits per heavy atom. The Kier molecular flexibility index (Phi) is 3.11. The van der Waals surface area contributed by atoms with E-state index in [-0.39, 0.29) is 5.91 Å². The highest BCUT2D eigenvalue weighted by atomic mass is 16.5. The maximum absolute atomic E-state index is 12.0. The van der Waals surface area contributed by atoms with Gasteiger partial charge in [0.2, 0.25) is 5.95 Å². The number of benzene rings is 1. The summed E-state index contributed by atoms with van der Waals surface area (Å²) in [6.07, 6.45) is 3.66. The minimum atomic E-state index is -0.107. The third-order valence-electron chi connectivity index (χ3n) is 3.84. The van der Waals surface area contributed by atoms with Gasteiger partial charge in [0, 0.05) is 30.4 Å². The van der Waals surface area contributed by atoms with Crippen LogP contribution in [0.3, 0.4) is 0 Å². The molecule has 1 aromatic carbocycles. The van der Waals surface area contributed by atoms with Gasteiger partial charge >= 0.3 is 0 Å². The van der Waals surface area contributed by atoms with Crippen LogP contribution in [-0.4, -0.2) is 41.1 Å². The maximum atomic E-state index is 12.0. The molecule has 0 atom stereocenters. The molecule has 1 aliphatic heterocycles. The van der Waals surface area contributed by atoms with Gasteiger partial charge in [-0.05, 0) is 17.7 Å². The lowest BCUT2D eigenvalue weighted by Gasteiger charge is -2.08. The van der Waals surface area contributed by atoms with Gasteiger partial charge in [-0.2, -0.15) is 4.98 Å². The van der Waals surface area contributed by atoms with E-state index in [1.54, 1.807) is 19.3 Å². The fraction of sp³-hybridized carbons (Fsp3) is 0.188. The summed E-state index contributed by atoms with van der Waals surface area (Å²) < 4.78 is 5.67. The van der Waals surface area contributed by atoms with E-state index in [2.05, 4.69) is 25.6 Å². The fourth-order valence-electron chi connectivity index (χ4n) is 2.68. The van der Waals surface area contributed by atoms with Gasteiger partial charge in [-0.1, -0.05) is 6.07 Å². The number of rotatable bonds is 2. The predicted octanol–water partition coefficient (Wildman–Crippen LogP) is 1.79. The van der Waals surface area contributed by atoms with E-state index in [9.17, 15) is 4.79 Å². The molecule has 0 unspecified atom stereocenters. The second-order valence-corrected chi connectivity index (χ2v) is 5.22. The second-order valence-electron chi connectivity index (χ2n) is 5.22. The van der Waals surface area contributed by atoms with Gasteiger partial charge in [0.1, 0.15) is 18.0 Å². The first-order valence-corrected chi connectivity index (χ1v) is 7.33. The van der Waals surface area contributed by atoms with E-state index in [1.165, 1.54) is 0 Å². The molecule has 23 heavy (non-hydrogen) atoms. The highest BCUT2D eigenvalue weighted by Gasteiger charge is 2.18. The lowest BCUT2D eigenvalue weighted by molar-refractivity contribution is 0.0957. The molecule has 2 aromatic heterocycles. The molecule has 0 saturated heterocycles. The number of aromatic amines is 1. The first-order valence-electron chi connectivity index (χ1n) is 7.33. The molecule has 7 nitrogen and oxygen atoms in total. The van der Waals surface area contributed by atoms with Crippen molar-refractivity contribution >= 4 is 22.9 Å². The molecule has 0 saturated carbocycles. The summed E-state index contributed by atoms with van der Waals surface area (Å²) in [5.74, 6) is 1.05. The zero-order chi connectivity index (χ0) is 15.8. The number of hydrogen-bond acceptors (Lipinski definition) is 5. The number of carbonyl (C=O) groups is 1. The summed E-state index contributed by atoms with van der Waals surface area (Å²) >= 11 is 0. The third kappa shape index (κ3) is 2.26. The van der Waals surface area contributed by atoms with E-state index in [0.29, 0.717) is 30.4 Å². The molecule has 3 heterocycles. The van der Waals surface area contributed by atoms with Crippen LogP contribution in [0.2, 0.25) is 0 Å². The highest BCUT2D eigenvalue weighted by Crippen LogP contribution is 2.32. The number of nitrogens with zero attached hydrogens (tertiary/aromatic N) is 2. The molecule has 1 aliphatic rings. The monoisotopic (exact) mass is 309 g/mol. The molecule has 3 N–H and O–H groups in total. The number of hydrogen-bond donors (Lipinski definition) is 3. The smallest absolute Gasteiger partial charge is 0.255 e.